The lowest BCUT2D eigenvalue weighted by atomic mass is 10.1. The van der Waals surface area contributed by atoms with Crippen LogP contribution in [0.25, 0.3) is 0 Å². The van der Waals surface area contributed by atoms with E-state index in [-0.39, 0.29) is 27.9 Å². The van der Waals surface area contributed by atoms with Gasteiger partial charge in [0, 0.05) is 10.5 Å². The Morgan fingerprint density at radius 3 is 1.97 bits per heavy atom. The second kappa shape index (κ2) is 7.89. The number of carbonyl (C=O) groups excluding carboxylic acids is 1. The van der Waals surface area contributed by atoms with Crippen molar-refractivity contribution in [3.05, 3.63) is 66.2 Å². The summed E-state index contributed by atoms with van der Waals surface area (Å²) in [6.45, 7) is 0. The molecule has 1 amide bonds. The van der Waals surface area contributed by atoms with Crippen molar-refractivity contribution in [1.82, 2.24) is 0 Å². The fourth-order valence-electron chi connectivity index (χ4n) is 2.42. The minimum absolute atomic E-state index is 0.0377. The Morgan fingerprint density at radius 1 is 0.933 bits per heavy atom. The summed E-state index contributed by atoms with van der Waals surface area (Å²) in [5.74, 6) is 0. The van der Waals surface area contributed by atoms with Gasteiger partial charge in [-0.3, -0.25) is 29.9 Å². The van der Waals surface area contributed by atoms with Crippen molar-refractivity contribution in [2.75, 3.05) is 4.90 Å². The van der Waals surface area contributed by atoms with Gasteiger partial charge < -0.3 is 0 Å². The van der Waals surface area contributed by atoms with Gasteiger partial charge in [-0.1, -0.05) is 0 Å². The molecule has 160 valence electrons. The smallest absolute Gasteiger partial charge is 0.278 e. The third-order valence-corrected chi connectivity index (χ3v) is 4.34. The highest BCUT2D eigenvalue weighted by Crippen LogP contribution is 2.47. The molecule has 0 spiro atoms. The van der Waals surface area contributed by atoms with Gasteiger partial charge in [0.05, 0.1) is 32.7 Å². The number of anilines is 2. The van der Waals surface area contributed by atoms with E-state index in [1.165, 1.54) is 0 Å². The molecule has 2 aromatic carbocycles. The highest BCUT2D eigenvalue weighted by Gasteiger charge is 2.42. The third-order valence-electron chi connectivity index (χ3n) is 3.67. The highest BCUT2D eigenvalue weighted by molar-refractivity contribution is 9.10. The van der Waals surface area contributed by atoms with E-state index in [9.17, 15) is 51.4 Å². The average molecular weight is 502 g/mol. The zero-order chi connectivity index (χ0) is 23.0. The monoisotopic (exact) mass is 501 g/mol. The maximum atomic E-state index is 13.5. The van der Waals surface area contributed by atoms with Crippen LogP contribution in [0.15, 0.2) is 34.8 Å². The Bertz CT molecular complexity index is 1040. The number of carbonyl (C=O) groups is 1. The molecule has 2 rings (SSSR count). The molecular weight excluding hydrogens is 496 g/mol. The lowest BCUT2D eigenvalue weighted by molar-refractivity contribution is -0.394. The first kappa shape index (κ1) is 23.1. The summed E-state index contributed by atoms with van der Waals surface area (Å²) >= 11 is 2.78. The quantitative estimate of drug-likeness (QED) is 0.229. The lowest BCUT2D eigenvalue weighted by Crippen LogP contribution is -2.22. The minimum atomic E-state index is -5.43. The fraction of sp³-hybridized carbons (Fsp3) is 0.133. The summed E-state index contributed by atoms with van der Waals surface area (Å²) < 4.78 is 79.3. The Balaban J connectivity index is 2.95. The minimum Gasteiger partial charge on any atom is -0.278 e. The molecule has 0 aliphatic rings. The van der Waals surface area contributed by atoms with E-state index in [1.54, 1.807) is 0 Å². The van der Waals surface area contributed by atoms with Gasteiger partial charge in [0.1, 0.15) is 5.69 Å². The van der Waals surface area contributed by atoms with Gasteiger partial charge in [0.15, 0.2) is 0 Å². The van der Waals surface area contributed by atoms with E-state index in [0.29, 0.717) is 12.1 Å². The van der Waals surface area contributed by atoms with Crippen LogP contribution >= 0.6 is 15.9 Å². The van der Waals surface area contributed by atoms with E-state index < -0.39 is 56.1 Å². The molecule has 0 aliphatic heterocycles. The number of non-ortho nitro benzene ring substituents is 1. The number of nitrogens with zero attached hydrogens (tertiary/aromatic N) is 3. The maximum Gasteiger partial charge on any atom is 0.418 e. The zero-order valence-corrected chi connectivity index (χ0v) is 15.6. The molecule has 0 heterocycles. The van der Waals surface area contributed by atoms with E-state index in [4.69, 9.17) is 0 Å². The summed E-state index contributed by atoms with van der Waals surface area (Å²) in [6.07, 6.45) is -10.7. The molecule has 0 atom stereocenters. The molecular formula is C15H6BrF6N3O5. The van der Waals surface area contributed by atoms with Crippen LogP contribution in [0, 0.1) is 20.2 Å². The SMILES string of the molecule is O=CN(c1cc(C(F)(F)F)ccc1Br)c1c([N+](=O)[O-])cc([N+](=O)[O-])cc1C(F)(F)F. The number of rotatable bonds is 5. The Morgan fingerprint density at radius 2 is 1.53 bits per heavy atom. The molecule has 15 heteroatoms. The normalized spacial score (nSPS) is 11.8. The molecule has 0 saturated carbocycles. The number of nitro benzene ring substituents is 2. The molecule has 0 bridgehead atoms. The molecule has 8 nitrogen and oxygen atoms in total. The van der Waals surface area contributed by atoms with Crippen molar-refractivity contribution in [2.24, 2.45) is 0 Å². The number of halogens is 7. The fourth-order valence-corrected chi connectivity index (χ4v) is 2.86. The summed E-state index contributed by atoms with van der Waals surface area (Å²) in [5, 5.41) is 22.2. The van der Waals surface area contributed by atoms with Crippen LogP contribution in [-0.4, -0.2) is 16.3 Å². The number of hydrogen-bond acceptors (Lipinski definition) is 5. The van der Waals surface area contributed by atoms with Crippen molar-refractivity contribution in [2.45, 2.75) is 12.4 Å². The Kier molecular flexibility index (Phi) is 6.06. The predicted molar refractivity (Wildman–Crippen MR) is 92.1 cm³/mol. The predicted octanol–water partition coefficient (Wildman–Crippen LogP) is 5.60. The van der Waals surface area contributed by atoms with Crippen molar-refractivity contribution in [3.63, 3.8) is 0 Å². The molecule has 0 aromatic heterocycles. The molecule has 30 heavy (non-hydrogen) atoms. The summed E-state index contributed by atoms with van der Waals surface area (Å²) in [7, 11) is 0. The average Bonchev–Trinajstić information content (AvgIpc) is 2.61. The molecule has 0 N–H and O–H groups in total. The van der Waals surface area contributed by atoms with Gasteiger partial charge in [0.2, 0.25) is 6.41 Å². The van der Waals surface area contributed by atoms with Crippen LogP contribution in [0.1, 0.15) is 11.1 Å². The topological polar surface area (TPSA) is 107 Å². The number of alkyl halides is 6. The molecule has 0 unspecified atom stereocenters. The van der Waals surface area contributed by atoms with Crippen LogP contribution in [0.3, 0.4) is 0 Å². The van der Waals surface area contributed by atoms with Gasteiger partial charge in [-0.15, -0.1) is 0 Å². The first-order chi connectivity index (χ1) is 13.7. The first-order valence-electron chi connectivity index (χ1n) is 7.33. The van der Waals surface area contributed by atoms with Crippen molar-refractivity contribution in [1.29, 1.82) is 0 Å². The second-order valence-corrected chi connectivity index (χ2v) is 6.37. The molecule has 0 saturated heterocycles. The van der Waals surface area contributed by atoms with Gasteiger partial charge in [-0.25, -0.2) is 0 Å². The van der Waals surface area contributed by atoms with Gasteiger partial charge in [-0.05, 0) is 34.1 Å². The van der Waals surface area contributed by atoms with E-state index in [2.05, 4.69) is 15.9 Å². The zero-order valence-electron chi connectivity index (χ0n) is 14.0. The number of nitro groups is 2. The highest BCUT2D eigenvalue weighted by atomic mass is 79.9. The second-order valence-electron chi connectivity index (χ2n) is 5.51. The van der Waals surface area contributed by atoms with Crippen molar-refractivity contribution >= 4 is 45.1 Å². The van der Waals surface area contributed by atoms with Crippen molar-refractivity contribution < 1.29 is 41.0 Å². The Hall–Kier alpha value is -3.23. The van der Waals surface area contributed by atoms with E-state index in [1.807, 2.05) is 0 Å². The Labute approximate surface area is 170 Å². The number of hydrogen-bond donors (Lipinski definition) is 0. The maximum absolute atomic E-state index is 13.5. The van der Waals surface area contributed by atoms with Crippen LogP contribution in [0.2, 0.25) is 0 Å². The molecule has 2 aromatic rings. The lowest BCUT2D eigenvalue weighted by Gasteiger charge is -2.23. The van der Waals surface area contributed by atoms with E-state index >= 15 is 0 Å². The largest absolute Gasteiger partial charge is 0.418 e. The van der Waals surface area contributed by atoms with Crippen LogP contribution in [-0.2, 0) is 17.1 Å². The molecule has 0 fully saturated rings. The van der Waals surface area contributed by atoms with Gasteiger partial charge in [0.25, 0.3) is 5.69 Å². The van der Waals surface area contributed by atoms with Crippen molar-refractivity contribution in [3.8, 4) is 0 Å². The standard InChI is InChI=1S/C15H6BrF6N3O5/c16-10-2-1-7(14(17,18)19)3-11(10)23(6-26)13-9(15(20,21)22)4-8(24(27)28)5-12(13)25(29)30/h1-6H. The van der Waals surface area contributed by atoms with Crippen LogP contribution < -0.4 is 4.90 Å². The van der Waals surface area contributed by atoms with Crippen LogP contribution in [0.4, 0.5) is 49.1 Å². The van der Waals surface area contributed by atoms with E-state index in [0.717, 1.165) is 6.07 Å². The third kappa shape index (κ3) is 4.50. The number of amides is 1. The summed E-state index contributed by atoms with van der Waals surface area (Å²) in [4.78, 5) is 31.0. The number of benzene rings is 2. The van der Waals surface area contributed by atoms with Gasteiger partial charge in [-0.2, -0.15) is 26.3 Å². The summed E-state index contributed by atoms with van der Waals surface area (Å²) in [6, 6.07) is 1.75. The van der Waals surface area contributed by atoms with Crippen LogP contribution in [0.5, 0.6) is 0 Å². The molecule has 0 aliphatic carbocycles. The first-order valence-corrected chi connectivity index (χ1v) is 8.13. The van der Waals surface area contributed by atoms with Gasteiger partial charge >= 0.3 is 18.0 Å². The molecule has 0 radical (unpaired) electrons. The summed E-state index contributed by atoms with van der Waals surface area (Å²) in [5.41, 5.74) is -8.40.